The zero-order valence-electron chi connectivity index (χ0n) is 16.5. The Morgan fingerprint density at radius 2 is 1.78 bits per heavy atom. The van der Waals surface area contributed by atoms with E-state index in [2.05, 4.69) is 5.32 Å². The summed E-state index contributed by atoms with van der Waals surface area (Å²) in [6.45, 7) is 6.14. The number of likely N-dealkylation sites (N-methyl/N-ethyl adjacent to an activating group) is 1. The average Bonchev–Trinajstić information content (AvgIpc) is 2.67. The largest absolute Gasteiger partial charge is 0.484 e. The first-order valence-electron chi connectivity index (χ1n) is 9.20. The second-order valence-electron chi connectivity index (χ2n) is 6.65. The molecular weight excluding hydrogens is 340 g/mol. The Morgan fingerprint density at radius 3 is 2.37 bits per heavy atom. The lowest BCUT2D eigenvalue weighted by molar-refractivity contribution is -0.142. The van der Waals surface area contributed by atoms with Crippen LogP contribution in [0.3, 0.4) is 0 Å². The van der Waals surface area contributed by atoms with Crippen molar-refractivity contribution < 1.29 is 14.3 Å². The zero-order chi connectivity index (χ0) is 19.8. The van der Waals surface area contributed by atoms with Gasteiger partial charge in [-0.3, -0.25) is 9.59 Å². The Bertz CT molecular complexity index is 771. The van der Waals surface area contributed by atoms with Crippen molar-refractivity contribution in [3.05, 3.63) is 65.2 Å². The number of amides is 2. The Balaban J connectivity index is 2.17. The van der Waals surface area contributed by atoms with Gasteiger partial charge in [0.2, 0.25) is 5.91 Å². The van der Waals surface area contributed by atoms with Crippen LogP contribution >= 0.6 is 0 Å². The third-order valence-corrected chi connectivity index (χ3v) is 4.46. The molecule has 2 amide bonds. The van der Waals surface area contributed by atoms with Gasteiger partial charge >= 0.3 is 0 Å². The molecule has 1 unspecified atom stereocenters. The van der Waals surface area contributed by atoms with E-state index in [9.17, 15) is 9.59 Å². The molecule has 0 aliphatic carbocycles. The summed E-state index contributed by atoms with van der Waals surface area (Å²) < 4.78 is 5.67. The van der Waals surface area contributed by atoms with Gasteiger partial charge < -0.3 is 15.0 Å². The quantitative estimate of drug-likeness (QED) is 0.778. The van der Waals surface area contributed by atoms with Crippen LogP contribution in [-0.2, 0) is 16.1 Å². The topological polar surface area (TPSA) is 58.6 Å². The highest BCUT2D eigenvalue weighted by atomic mass is 16.5. The maximum atomic E-state index is 12.9. The number of hydrogen-bond donors (Lipinski definition) is 1. The van der Waals surface area contributed by atoms with Crippen molar-refractivity contribution >= 4 is 11.8 Å². The SMILES string of the molecule is CCC(C(=O)NC)N(Cc1ccc(C)cc1)C(=O)COc1cccc(C)c1. The molecule has 0 aliphatic rings. The standard InChI is InChI=1S/C22H28N2O3/c1-5-20(22(26)23-4)24(14-18-11-9-16(2)10-12-18)21(25)15-27-19-8-6-7-17(3)13-19/h6-13,20H,5,14-15H2,1-4H3,(H,23,26). The van der Waals surface area contributed by atoms with Crippen LogP contribution in [0.4, 0.5) is 0 Å². The number of hydrogen-bond acceptors (Lipinski definition) is 3. The first-order valence-corrected chi connectivity index (χ1v) is 9.20. The van der Waals surface area contributed by atoms with Crippen LogP contribution in [0.25, 0.3) is 0 Å². The molecule has 1 N–H and O–H groups in total. The van der Waals surface area contributed by atoms with E-state index in [-0.39, 0.29) is 18.4 Å². The summed E-state index contributed by atoms with van der Waals surface area (Å²) in [5, 5.41) is 2.65. The van der Waals surface area contributed by atoms with Crippen molar-refractivity contribution in [1.29, 1.82) is 0 Å². The van der Waals surface area contributed by atoms with Gasteiger partial charge in [-0.2, -0.15) is 0 Å². The number of rotatable bonds is 8. The molecule has 0 aromatic heterocycles. The number of ether oxygens (including phenoxy) is 1. The van der Waals surface area contributed by atoms with Gasteiger partial charge in [-0.15, -0.1) is 0 Å². The van der Waals surface area contributed by atoms with Crippen LogP contribution in [0.2, 0.25) is 0 Å². The third-order valence-electron chi connectivity index (χ3n) is 4.46. The molecule has 5 nitrogen and oxygen atoms in total. The second-order valence-corrected chi connectivity index (χ2v) is 6.65. The van der Waals surface area contributed by atoms with Crippen molar-refractivity contribution in [2.24, 2.45) is 0 Å². The van der Waals surface area contributed by atoms with E-state index in [4.69, 9.17) is 4.74 Å². The lowest BCUT2D eigenvalue weighted by Gasteiger charge is -2.30. The summed E-state index contributed by atoms with van der Waals surface area (Å²) in [5.41, 5.74) is 3.19. The summed E-state index contributed by atoms with van der Waals surface area (Å²) in [6.07, 6.45) is 0.529. The van der Waals surface area contributed by atoms with Crippen LogP contribution in [0, 0.1) is 13.8 Å². The Kier molecular flexibility index (Phi) is 7.41. The first-order chi connectivity index (χ1) is 12.9. The molecule has 0 saturated heterocycles. The molecule has 5 heteroatoms. The second kappa shape index (κ2) is 9.76. The number of nitrogens with one attached hydrogen (secondary N) is 1. The predicted molar refractivity (Wildman–Crippen MR) is 107 cm³/mol. The molecule has 27 heavy (non-hydrogen) atoms. The van der Waals surface area contributed by atoms with Crippen molar-refractivity contribution in [2.75, 3.05) is 13.7 Å². The fraction of sp³-hybridized carbons (Fsp3) is 0.364. The fourth-order valence-electron chi connectivity index (χ4n) is 2.91. The Hall–Kier alpha value is -2.82. The van der Waals surface area contributed by atoms with Gasteiger partial charge in [0.05, 0.1) is 0 Å². The molecule has 2 rings (SSSR count). The van der Waals surface area contributed by atoms with Crippen molar-refractivity contribution in [1.82, 2.24) is 10.2 Å². The van der Waals surface area contributed by atoms with Crippen LogP contribution in [-0.4, -0.2) is 36.4 Å². The number of aryl methyl sites for hydroxylation is 2. The van der Waals surface area contributed by atoms with Crippen LogP contribution in [0.1, 0.15) is 30.0 Å². The van der Waals surface area contributed by atoms with E-state index < -0.39 is 6.04 Å². The Labute approximate surface area is 161 Å². The molecular formula is C22H28N2O3. The minimum Gasteiger partial charge on any atom is -0.484 e. The molecule has 144 valence electrons. The normalized spacial score (nSPS) is 11.6. The fourth-order valence-corrected chi connectivity index (χ4v) is 2.91. The van der Waals surface area contributed by atoms with Crippen LogP contribution in [0.15, 0.2) is 48.5 Å². The predicted octanol–water partition coefficient (Wildman–Crippen LogP) is 3.24. The maximum Gasteiger partial charge on any atom is 0.261 e. The Morgan fingerprint density at radius 1 is 1.07 bits per heavy atom. The van der Waals surface area contributed by atoms with E-state index in [0.717, 1.165) is 16.7 Å². The highest BCUT2D eigenvalue weighted by Gasteiger charge is 2.28. The van der Waals surface area contributed by atoms with Crippen LogP contribution < -0.4 is 10.1 Å². The van der Waals surface area contributed by atoms with Crippen LogP contribution in [0.5, 0.6) is 5.75 Å². The van der Waals surface area contributed by atoms with Gasteiger partial charge in [-0.25, -0.2) is 0 Å². The molecule has 1 atom stereocenters. The molecule has 0 saturated carbocycles. The number of carbonyl (C=O) groups is 2. The lowest BCUT2D eigenvalue weighted by atomic mass is 10.1. The minimum absolute atomic E-state index is 0.108. The smallest absolute Gasteiger partial charge is 0.261 e. The minimum atomic E-state index is -0.537. The van der Waals surface area contributed by atoms with Gasteiger partial charge in [-0.1, -0.05) is 48.9 Å². The molecule has 0 radical (unpaired) electrons. The molecule has 0 bridgehead atoms. The molecule has 2 aromatic carbocycles. The molecule has 2 aromatic rings. The summed E-state index contributed by atoms with van der Waals surface area (Å²) in [7, 11) is 1.59. The molecule has 0 spiro atoms. The highest BCUT2D eigenvalue weighted by molar-refractivity contribution is 5.88. The van der Waals surface area contributed by atoms with E-state index in [1.54, 1.807) is 11.9 Å². The van der Waals surface area contributed by atoms with Crippen molar-refractivity contribution in [3.8, 4) is 5.75 Å². The summed E-state index contributed by atoms with van der Waals surface area (Å²) in [4.78, 5) is 26.8. The summed E-state index contributed by atoms with van der Waals surface area (Å²) in [6, 6.07) is 15.0. The average molecular weight is 368 g/mol. The van der Waals surface area contributed by atoms with Crippen molar-refractivity contribution in [3.63, 3.8) is 0 Å². The van der Waals surface area contributed by atoms with Gasteiger partial charge in [0, 0.05) is 13.6 Å². The van der Waals surface area contributed by atoms with E-state index in [0.29, 0.717) is 18.7 Å². The zero-order valence-corrected chi connectivity index (χ0v) is 16.5. The molecule has 0 aliphatic heterocycles. The van der Waals surface area contributed by atoms with Gasteiger partial charge in [-0.05, 0) is 43.5 Å². The maximum absolute atomic E-state index is 12.9. The monoisotopic (exact) mass is 368 g/mol. The van der Waals surface area contributed by atoms with Gasteiger partial charge in [0.1, 0.15) is 11.8 Å². The number of carbonyl (C=O) groups excluding carboxylic acids is 2. The molecule has 0 fully saturated rings. The van der Waals surface area contributed by atoms with Gasteiger partial charge in [0.15, 0.2) is 6.61 Å². The summed E-state index contributed by atoms with van der Waals surface area (Å²) >= 11 is 0. The van der Waals surface area contributed by atoms with E-state index >= 15 is 0 Å². The van der Waals surface area contributed by atoms with Crippen molar-refractivity contribution in [2.45, 2.75) is 39.8 Å². The third kappa shape index (κ3) is 5.84. The molecule has 0 heterocycles. The lowest BCUT2D eigenvalue weighted by Crippen LogP contribution is -2.49. The first kappa shape index (κ1) is 20.5. The number of nitrogens with zero attached hydrogens (tertiary/aromatic N) is 1. The van der Waals surface area contributed by atoms with E-state index in [1.165, 1.54) is 0 Å². The van der Waals surface area contributed by atoms with Gasteiger partial charge in [0.25, 0.3) is 5.91 Å². The highest BCUT2D eigenvalue weighted by Crippen LogP contribution is 2.16. The van der Waals surface area contributed by atoms with E-state index in [1.807, 2.05) is 69.3 Å². The number of benzene rings is 2. The summed E-state index contributed by atoms with van der Waals surface area (Å²) in [5.74, 6) is 0.257.